The number of carbonyl (C=O) groups excluding carboxylic acids is 1. The van der Waals surface area contributed by atoms with E-state index in [0.29, 0.717) is 10.6 Å². The van der Waals surface area contributed by atoms with Gasteiger partial charge in [0.05, 0.1) is 11.3 Å². The van der Waals surface area contributed by atoms with E-state index in [9.17, 15) is 10.1 Å². The zero-order valence-corrected chi connectivity index (χ0v) is 16.2. The summed E-state index contributed by atoms with van der Waals surface area (Å²) in [6.45, 7) is 5.54. The average molecular weight is 373 g/mol. The Morgan fingerprint density at radius 3 is 2.88 bits per heavy atom. The van der Waals surface area contributed by atoms with E-state index in [-0.39, 0.29) is 11.7 Å². The molecule has 0 saturated heterocycles. The summed E-state index contributed by atoms with van der Waals surface area (Å²) in [5, 5.41) is 12.4. The van der Waals surface area contributed by atoms with Gasteiger partial charge in [0.2, 0.25) is 0 Å². The number of pyridine rings is 1. The molecule has 0 unspecified atom stereocenters. The molecule has 0 fully saturated rings. The highest BCUT2D eigenvalue weighted by atomic mass is 32.2. The first-order valence-electron chi connectivity index (χ1n) is 8.23. The van der Waals surface area contributed by atoms with Crippen LogP contribution in [-0.4, -0.2) is 22.3 Å². The number of aromatic nitrogens is 1. The van der Waals surface area contributed by atoms with E-state index in [1.54, 1.807) is 11.3 Å². The van der Waals surface area contributed by atoms with Gasteiger partial charge in [-0.05, 0) is 57.0 Å². The maximum absolute atomic E-state index is 12.0. The minimum atomic E-state index is -0.511. The van der Waals surface area contributed by atoms with Crippen molar-refractivity contribution in [2.45, 2.75) is 50.7 Å². The predicted octanol–water partition coefficient (Wildman–Crippen LogP) is 4.60. The van der Waals surface area contributed by atoms with Crippen LogP contribution in [0.5, 0.6) is 0 Å². The molecular formula is C19H20N2O2S2. The molecule has 130 valence electrons. The molecule has 2 aromatic heterocycles. The largest absolute Gasteiger partial charge is 0.459 e. The second-order valence-corrected chi connectivity index (χ2v) is 8.82. The summed E-state index contributed by atoms with van der Waals surface area (Å²) in [6.07, 6.45) is 2.95. The first kappa shape index (κ1) is 18.0. The predicted molar refractivity (Wildman–Crippen MR) is 101 cm³/mol. The molecular weight excluding hydrogens is 352 g/mol. The fourth-order valence-corrected chi connectivity index (χ4v) is 4.54. The Kier molecular flexibility index (Phi) is 5.16. The van der Waals surface area contributed by atoms with Gasteiger partial charge in [-0.1, -0.05) is 17.8 Å². The molecule has 0 radical (unpaired) electrons. The molecule has 0 aromatic carbocycles. The smallest absolute Gasteiger partial charge is 0.316 e. The summed E-state index contributed by atoms with van der Waals surface area (Å²) < 4.78 is 5.36. The van der Waals surface area contributed by atoms with E-state index < -0.39 is 5.60 Å². The number of esters is 1. The molecule has 0 bridgehead atoms. The van der Waals surface area contributed by atoms with Crippen LogP contribution in [0.2, 0.25) is 0 Å². The van der Waals surface area contributed by atoms with E-state index in [0.717, 1.165) is 35.4 Å². The van der Waals surface area contributed by atoms with Crippen LogP contribution in [0.25, 0.3) is 10.4 Å². The molecule has 25 heavy (non-hydrogen) atoms. The highest BCUT2D eigenvalue weighted by Gasteiger charge is 2.25. The van der Waals surface area contributed by atoms with Crippen LogP contribution in [0.15, 0.2) is 22.5 Å². The van der Waals surface area contributed by atoms with Crippen molar-refractivity contribution >= 4 is 29.1 Å². The van der Waals surface area contributed by atoms with Crippen LogP contribution < -0.4 is 0 Å². The fraction of sp³-hybridized carbons (Fsp3) is 0.421. The fourth-order valence-electron chi connectivity index (χ4n) is 2.96. The first-order chi connectivity index (χ1) is 11.9. The number of hydrogen-bond acceptors (Lipinski definition) is 6. The molecule has 1 aliphatic carbocycles. The normalized spacial score (nSPS) is 13.4. The number of nitriles is 1. The van der Waals surface area contributed by atoms with Crippen molar-refractivity contribution in [3.05, 3.63) is 34.3 Å². The Hall–Kier alpha value is -1.84. The lowest BCUT2D eigenvalue weighted by Gasteiger charge is -2.19. The maximum Gasteiger partial charge on any atom is 0.316 e. The number of thioether (sulfide) groups is 1. The summed E-state index contributed by atoms with van der Waals surface area (Å²) >= 11 is 2.93. The van der Waals surface area contributed by atoms with Crippen molar-refractivity contribution in [1.82, 2.24) is 4.98 Å². The molecule has 3 rings (SSSR count). The van der Waals surface area contributed by atoms with Crippen LogP contribution >= 0.6 is 23.1 Å². The Balaban J connectivity index is 1.94. The SMILES string of the molecule is CC(C)(C)OC(=O)CSc1nc2c(c(-c3cccs3)c1C#N)CCC2. The van der Waals surface area contributed by atoms with Gasteiger partial charge in [-0.25, -0.2) is 4.98 Å². The molecule has 2 aromatic rings. The third-order valence-corrected chi connectivity index (χ3v) is 5.65. The third kappa shape index (κ3) is 4.05. The zero-order chi connectivity index (χ0) is 18.0. The van der Waals surface area contributed by atoms with Gasteiger partial charge in [0.25, 0.3) is 0 Å². The van der Waals surface area contributed by atoms with Gasteiger partial charge in [0.15, 0.2) is 0 Å². The summed E-state index contributed by atoms with van der Waals surface area (Å²) in [4.78, 5) is 17.8. The number of thiophene rings is 1. The highest BCUT2D eigenvalue weighted by molar-refractivity contribution is 7.99. The Morgan fingerprint density at radius 1 is 1.44 bits per heavy atom. The van der Waals surface area contributed by atoms with E-state index in [1.807, 2.05) is 38.3 Å². The molecule has 0 spiro atoms. The van der Waals surface area contributed by atoms with Crippen molar-refractivity contribution in [1.29, 1.82) is 5.26 Å². The molecule has 0 aliphatic heterocycles. The van der Waals surface area contributed by atoms with E-state index in [1.165, 1.54) is 17.3 Å². The lowest BCUT2D eigenvalue weighted by atomic mass is 10.0. The quantitative estimate of drug-likeness (QED) is 0.579. The van der Waals surface area contributed by atoms with E-state index in [2.05, 4.69) is 6.07 Å². The van der Waals surface area contributed by atoms with Crippen LogP contribution in [0, 0.1) is 11.3 Å². The number of fused-ring (bicyclic) bond motifs is 1. The Morgan fingerprint density at radius 2 is 2.24 bits per heavy atom. The molecule has 0 amide bonds. The van der Waals surface area contributed by atoms with Crippen molar-refractivity contribution in [2.24, 2.45) is 0 Å². The van der Waals surface area contributed by atoms with E-state index in [4.69, 9.17) is 9.72 Å². The van der Waals surface area contributed by atoms with Crippen LogP contribution in [-0.2, 0) is 22.4 Å². The van der Waals surface area contributed by atoms with Crippen LogP contribution in [0.1, 0.15) is 44.0 Å². The summed E-state index contributed by atoms with van der Waals surface area (Å²) in [5.74, 6) is -0.136. The monoisotopic (exact) mass is 372 g/mol. The third-order valence-electron chi connectivity index (χ3n) is 3.82. The van der Waals surface area contributed by atoms with Crippen LogP contribution in [0.4, 0.5) is 0 Å². The number of aryl methyl sites for hydroxylation is 1. The molecule has 6 heteroatoms. The lowest BCUT2D eigenvalue weighted by molar-refractivity contribution is -0.151. The summed E-state index contributed by atoms with van der Waals surface area (Å²) in [5.41, 5.74) is 3.33. The Bertz CT molecular complexity index is 831. The second kappa shape index (κ2) is 7.19. The van der Waals surface area contributed by atoms with Crippen molar-refractivity contribution in [3.8, 4) is 16.5 Å². The number of hydrogen-bond donors (Lipinski definition) is 0. The van der Waals surface area contributed by atoms with Crippen molar-refractivity contribution in [3.63, 3.8) is 0 Å². The Labute approximate surface area is 156 Å². The van der Waals surface area contributed by atoms with Gasteiger partial charge < -0.3 is 4.74 Å². The number of rotatable bonds is 4. The molecule has 0 saturated carbocycles. The molecule has 2 heterocycles. The lowest BCUT2D eigenvalue weighted by Crippen LogP contribution is -2.25. The van der Waals surface area contributed by atoms with Gasteiger partial charge in [-0.2, -0.15) is 5.26 Å². The van der Waals surface area contributed by atoms with Gasteiger partial charge in [-0.3, -0.25) is 4.79 Å². The second-order valence-electron chi connectivity index (χ2n) is 6.91. The van der Waals surface area contributed by atoms with E-state index >= 15 is 0 Å². The summed E-state index contributed by atoms with van der Waals surface area (Å²) in [7, 11) is 0. The molecule has 0 N–H and O–H groups in total. The van der Waals surface area contributed by atoms with Gasteiger partial charge in [0, 0.05) is 16.1 Å². The van der Waals surface area contributed by atoms with Crippen molar-refractivity contribution < 1.29 is 9.53 Å². The number of nitrogens with zero attached hydrogens (tertiary/aromatic N) is 2. The van der Waals surface area contributed by atoms with Gasteiger partial charge in [-0.15, -0.1) is 11.3 Å². The highest BCUT2D eigenvalue weighted by Crippen LogP contribution is 2.40. The first-order valence-corrected chi connectivity index (χ1v) is 10.1. The van der Waals surface area contributed by atoms with Gasteiger partial charge >= 0.3 is 5.97 Å². The maximum atomic E-state index is 12.0. The van der Waals surface area contributed by atoms with Crippen molar-refractivity contribution in [2.75, 3.05) is 5.75 Å². The van der Waals surface area contributed by atoms with Crippen LogP contribution in [0.3, 0.4) is 0 Å². The zero-order valence-electron chi connectivity index (χ0n) is 14.6. The average Bonchev–Trinajstić information content (AvgIpc) is 3.20. The van der Waals surface area contributed by atoms with Gasteiger partial charge in [0.1, 0.15) is 16.7 Å². The molecule has 0 atom stereocenters. The standard InChI is InChI=1S/C19H20N2O2S2/c1-19(2,3)23-16(22)11-25-18-13(10-20)17(15-8-5-9-24-15)12-6-4-7-14(12)21-18/h5,8-9H,4,6-7,11H2,1-3H3. The minimum Gasteiger partial charge on any atom is -0.459 e. The molecule has 1 aliphatic rings. The number of ether oxygens (including phenoxy) is 1. The molecule has 4 nitrogen and oxygen atoms in total. The minimum absolute atomic E-state index is 0.154. The number of carbonyl (C=O) groups is 1. The topological polar surface area (TPSA) is 63.0 Å². The summed E-state index contributed by atoms with van der Waals surface area (Å²) in [6, 6.07) is 6.37.